The van der Waals surface area contributed by atoms with Gasteiger partial charge < -0.3 is 19.5 Å². The molecule has 0 heterocycles. The second-order valence-corrected chi connectivity index (χ2v) is 4.58. The number of methoxy groups -OCH3 is 1. The van der Waals surface area contributed by atoms with Crippen molar-refractivity contribution in [3.05, 3.63) is 29.8 Å². The van der Waals surface area contributed by atoms with Crippen LogP contribution in [0.5, 0.6) is 5.75 Å². The third-order valence-corrected chi connectivity index (χ3v) is 2.93. The van der Waals surface area contributed by atoms with Gasteiger partial charge in [0.05, 0.1) is 13.2 Å². The van der Waals surface area contributed by atoms with Crippen LogP contribution in [-0.2, 0) is 20.8 Å². The summed E-state index contributed by atoms with van der Waals surface area (Å²) in [6, 6.07) is 7.70. The predicted molar refractivity (Wildman–Crippen MR) is 81.4 cm³/mol. The number of carbonyl (C=O) groups is 1. The predicted octanol–water partition coefficient (Wildman–Crippen LogP) is 2.14. The molecular formula is C16H25NO4. The molecular weight excluding hydrogens is 270 g/mol. The average molecular weight is 295 g/mol. The number of benzene rings is 1. The van der Waals surface area contributed by atoms with Crippen molar-refractivity contribution in [3.63, 3.8) is 0 Å². The number of esters is 1. The van der Waals surface area contributed by atoms with Gasteiger partial charge in [0.1, 0.15) is 5.75 Å². The van der Waals surface area contributed by atoms with Crippen LogP contribution >= 0.6 is 0 Å². The van der Waals surface area contributed by atoms with E-state index in [0.717, 1.165) is 18.7 Å². The number of rotatable bonds is 10. The lowest BCUT2D eigenvalue weighted by Crippen LogP contribution is -2.28. The fourth-order valence-corrected chi connectivity index (χ4v) is 1.79. The normalized spacial score (nSPS) is 12.0. The molecule has 1 rings (SSSR count). The minimum Gasteiger partial charge on any atom is -0.479 e. The standard InChI is InChI=1S/C16H25NO4/c1-4-15(16(18)20-5-2)21-14-8-6-13(7-9-14)12-17-10-11-19-3/h6-9,15,17H,4-5,10-12H2,1-3H3. The molecule has 1 aromatic rings. The van der Waals surface area contributed by atoms with Crippen LogP contribution in [-0.4, -0.2) is 38.9 Å². The second-order valence-electron chi connectivity index (χ2n) is 4.58. The second kappa shape index (κ2) is 10.2. The Bertz CT molecular complexity index is 405. The van der Waals surface area contributed by atoms with Crippen LogP contribution in [0.2, 0.25) is 0 Å². The fraction of sp³-hybridized carbons (Fsp3) is 0.562. The van der Waals surface area contributed by atoms with Gasteiger partial charge in [-0.15, -0.1) is 0 Å². The zero-order valence-corrected chi connectivity index (χ0v) is 13.1. The first-order chi connectivity index (χ1) is 10.2. The summed E-state index contributed by atoms with van der Waals surface area (Å²) < 4.78 is 15.6. The number of hydrogen-bond acceptors (Lipinski definition) is 5. The molecule has 0 aliphatic heterocycles. The van der Waals surface area contributed by atoms with Crippen molar-refractivity contribution >= 4 is 5.97 Å². The van der Waals surface area contributed by atoms with Crippen LogP contribution in [0.25, 0.3) is 0 Å². The van der Waals surface area contributed by atoms with E-state index in [1.807, 2.05) is 31.2 Å². The van der Waals surface area contributed by atoms with Crippen LogP contribution in [0, 0.1) is 0 Å². The summed E-state index contributed by atoms with van der Waals surface area (Å²) in [6.07, 6.45) is 0.0368. The summed E-state index contributed by atoms with van der Waals surface area (Å²) in [5.74, 6) is 0.362. The van der Waals surface area contributed by atoms with Gasteiger partial charge in [-0.1, -0.05) is 19.1 Å². The maximum Gasteiger partial charge on any atom is 0.347 e. The molecule has 0 bridgehead atoms. The highest BCUT2D eigenvalue weighted by Gasteiger charge is 2.19. The maximum atomic E-state index is 11.7. The summed E-state index contributed by atoms with van der Waals surface area (Å²) >= 11 is 0. The van der Waals surface area contributed by atoms with Gasteiger partial charge >= 0.3 is 5.97 Å². The number of hydrogen-bond donors (Lipinski definition) is 1. The maximum absolute atomic E-state index is 11.7. The van der Waals surface area contributed by atoms with E-state index in [0.29, 0.717) is 25.4 Å². The third kappa shape index (κ3) is 6.60. The van der Waals surface area contributed by atoms with Gasteiger partial charge in [-0.05, 0) is 31.0 Å². The van der Waals surface area contributed by atoms with Gasteiger partial charge in [0, 0.05) is 20.2 Å². The zero-order valence-electron chi connectivity index (χ0n) is 13.1. The molecule has 0 fully saturated rings. The highest BCUT2D eigenvalue weighted by molar-refractivity contribution is 5.75. The van der Waals surface area contributed by atoms with E-state index in [1.165, 1.54) is 0 Å². The topological polar surface area (TPSA) is 56.8 Å². The first kappa shape index (κ1) is 17.5. The minimum atomic E-state index is -0.546. The Morgan fingerprint density at radius 2 is 1.95 bits per heavy atom. The summed E-state index contributed by atoms with van der Waals surface area (Å²) in [6.45, 7) is 6.34. The molecule has 0 saturated heterocycles. The van der Waals surface area contributed by atoms with Crippen LogP contribution in [0.15, 0.2) is 24.3 Å². The quantitative estimate of drug-likeness (QED) is 0.529. The molecule has 5 heteroatoms. The van der Waals surface area contributed by atoms with Crippen molar-refractivity contribution in [3.8, 4) is 5.75 Å². The van der Waals surface area contributed by atoms with Crippen molar-refractivity contribution in [1.29, 1.82) is 0 Å². The highest BCUT2D eigenvalue weighted by Crippen LogP contribution is 2.15. The van der Waals surface area contributed by atoms with Crippen molar-refractivity contribution in [2.24, 2.45) is 0 Å². The van der Waals surface area contributed by atoms with Crippen molar-refractivity contribution in [2.45, 2.75) is 32.9 Å². The molecule has 0 saturated carbocycles. The van der Waals surface area contributed by atoms with E-state index < -0.39 is 6.10 Å². The molecule has 21 heavy (non-hydrogen) atoms. The van der Waals surface area contributed by atoms with Gasteiger partial charge in [-0.25, -0.2) is 4.79 Å². The zero-order chi connectivity index (χ0) is 15.5. The van der Waals surface area contributed by atoms with Gasteiger partial charge in [-0.2, -0.15) is 0 Å². The largest absolute Gasteiger partial charge is 0.479 e. The molecule has 0 aliphatic rings. The van der Waals surface area contributed by atoms with Crippen LogP contribution < -0.4 is 10.1 Å². The SMILES string of the molecule is CCOC(=O)C(CC)Oc1ccc(CNCCOC)cc1. The molecule has 0 radical (unpaired) electrons. The Balaban J connectivity index is 2.47. The molecule has 118 valence electrons. The molecule has 1 atom stereocenters. The third-order valence-electron chi connectivity index (χ3n) is 2.93. The van der Waals surface area contributed by atoms with E-state index in [-0.39, 0.29) is 5.97 Å². The van der Waals surface area contributed by atoms with E-state index in [2.05, 4.69) is 5.32 Å². The molecule has 1 unspecified atom stereocenters. The number of nitrogens with one attached hydrogen (secondary N) is 1. The lowest BCUT2D eigenvalue weighted by molar-refractivity contribution is -0.151. The summed E-state index contributed by atoms with van der Waals surface area (Å²) in [5, 5.41) is 3.27. The number of carbonyl (C=O) groups excluding carboxylic acids is 1. The molecule has 0 spiro atoms. The summed E-state index contributed by atoms with van der Waals surface area (Å²) in [7, 11) is 1.68. The molecule has 0 aromatic heterocycles. The van der Waals surface area contributed by atoms with E-state index >= 15 is 0 Å². The fourth-order valence-electron chi connectivity index (χ4n) is 1.79. The van der Waals surface area contributed by atoms with E-state index in [4.69, 9.17) is 14.2 Å². The molecule has 0 aliphatic carbocycles. The Morgan fingerprint density at radius 3 is 2.52 bits per heavy atom. The van der Waals surface area contributed by atoms with E-state index in [9.17, 15) is 4.79 Å². The lowest BCUT2D eigenvalue weighted by Gasteiger charge is -2.16. The Morgan fingerprint density at radius 1 is 1.24 bits per heavy atom. The van der Waals surface area contributed by atoms with Gasteiger partial charge in [0.2, 0.25) is 0 Å². The van der Waals surface area contributed by atoms with Gasteiger partial charge in [-0.3, -0.25) is 0 Å². The van der Waals surface area contributed by atoms with Crippen molar-refractivity contribution in [2.75, 3.05) is 26.9 Å². The molecule has 5 nitrogen and oxygen atoms in total. The van der Waals surface area contributed by atoms with E-state index in [1.54, 1.807) is 14.0 Å². The molecule has 0 amide bonds. The summed E-state index contributed by atoms with van der Waals surface area (Å²) in [4.78, 5) is 11.7. The Hall–Kier alpha value is -1.59. The Kier molecular flexibility index (Phi) is 8.47. The lowest BCUT2D eigenvalue weighted by atomic mass is 10.2. The van der Waals surface area contributed by atoms with Crippen molar-refractivity contribution in [1.82, 2.24) is 5.32 Å². The van der Waals surface area contributed by atoms with Crippen LogP contribution in [0.3, 0.4) is 0 Å². The highest BCUT2D eigenvalue weighted by atomic mass is 16.6. The monoisotopic (exact) mass is 295 g/mol. The van der Waals surface area contributed by atoms with Gasteiger partial charge in [0.15, 0.2) is 6.10 Å². The van der Waals surface area contributed by atoms with Crippen molar-refractivity contribution < 1.29 is 19.0 Å². The minimum absolute atomic E-state index is 0.315. The smallest absolute Gasteiger partial charge is 0.347 e. The van der Waals surface area contributed by atoms with Crippen LogP contribution in [0.1, 0.15) is 25.8 Å². The summed E-state index contributed by atoms with van der Waals surface area (Å²) in [5.41, 5.74) is 1.16. The first-order valence-corrected chi connectivity index (χ1v) is 7.33. The van der Waals surface area contributed by atoms with Gasteiger partial charge in [0.25, 0.3) is 0 Å². The van der Waals surface area contributed by atoms with Crippen LogP contribution in [0.4, 0.5) is 0 Å². The molecule has 1 N–H and O–H groups in total. The molecule has 1 aromatic carbocycles. The average Bonchev–Trinajstić information content (AvgIpc) is 2.50. The first-order valence-electron chi connectivity index (χ1n) is 7.33. The number of ether oxygens (including phenoxy) is 3. The Labute approximate surface area is 126 Å².